The number of amides is 1. The summed E-state index contributed by atoms with van der Waals surface area (Å²) in [7, 11) is 0. The fourth-order valence-electron chi connectivity index (χ4n) is 4.33. The number of hydrogen-bond acceptors (Lipinski definition) is 2. The Labute approximate surface area is 162 Å². The molecule has 1 aliphatic carbocycles. The van der Waals surface area contributed by atoms with E-state index in [1.54, 1.807) is 0 Å². The normalized spacial score (nSPS) is 20.3. The maximum Gasteiger partial charge on any atom is 0.223 e. The minimum Gasteiger partial charge on any atom is -0.340 e. The number of nitrogens with zero attached hydrogens (tertiary/aromatic N) is 2. The van der Waals surface area contributed by atoms with Gasteiger partial charge in [0.2, 0.25) is 5.91 Å². The van der Waals surface area contributed by atoms with Crippen LogP contribution < -0.4 is 0 Å². The van der Waals surface area contributed by atoms with Crippen molar-refractivity contribution in [2.24, 2.45) is 5.92 Å². The molecule has 2 aliphatic rings. The maximum atomic E-state index is 12.6. The van der Waals surface area contributed by atoms with Crippen molar-refractivity contribution in [3.8, 4) is 0 Å². The van der Waals surface area contributed by atoms with Gasteiger partial charge in [-0.05, 0) is 29.9 Å². The van der Waals surface area contributed by atoms with Crippen molar-refractivity contribution in [1.29, 1.82) is 0 Å². The third kappa shape index (κ3) is 4.30. The fraction of sp³-hybridized carbons (Fsp3) is 0.375. The molecule has 3 nitrogen and oxygen atoms in total. The molecular weight excluding hydrogens is 332 g/mol. The summed E-state index contributed by atoms with van der Waals surface area (Å²) in [6.07, 6.45) is 7.36. The first-order chi connectivity index (χ1) is 13.3. The number of allylic oxidation sites excluding steroid dienone is 2. The number of piperazine rings is 1. The molecule has 1 aliphatic heterocycles. The molecule has 1 saturated heterocycles. The van der Waals surface area contributed by atoms with Gasteiger partial charge in [-0.25, -0.2) is 0 Å². The van der Waals surface area contributed by atoms with Crippen LogP contribution in [-0.2, 0) is 4.79 Å². The van der Waals surface area contributed by atoms with E-state index in [4.69, 9.17) is 0 Å². The van der Waals surface area contributed by atoms with Crippen molar-refractivity contribution in [2.45, 2.75) is 25.3 Å². The standard InChI is InChI=1S/C24H28N2O/c27-23(19-20-9-7-8-10-20)25-15-17-26(18-16-25)24(21-11-3-1-4-12-21)22-13-5-2-6-14-22/h1-7,9,11-14,20,24H,8,10,15-19H2/t20-/m0/s1. The molecule has 2 aromatic carbocycles. The van der Waals surface area contributed by atoms with Crippen molar-refractivity contribution in [3.05, 3.63) is 83.9 Å². The number of carbonyl (C=O) groups is 1. The van der Waals surface area contributed by atoms with Gasteiger partial charge in [-0.3, -0.25) is 9.69 Å². The third-order valence-electron chi connectivity index (χ3n) is 5.81. The van der Waals surface area contributed by atoms with Crippen molar-refractivity contribution < 1.29 is 4.79 Å². The van der Waals surface area contributed by atoms with Crippen LogP contribution in [0.3, 0.4) is 0 Å². The average Bonchev–Trinajstić information content (AvgIpc) is 3.23. The zero-order valence-corrected chi connectivity index (χ0v) is 15.8. The first-order valence-electron chi connectivity index (χ1n) is 10.1. The Hall–Kier alpha value is -2.39. The summed E-state index contributed by atoms with van der Waals surface area (Å²) >= 11 is 0. The number of benzene rings is 2. The molecule has 2 aromatic rings. The molecule has 1 fully saturated rings. The van der Waals surface area contributed by atoms with E-state index in [9.17, 15) is 4.79 Å². The Morgan fingerprint density at radius 1 is 0.889 bits per heavy atom. The quantitative estimate of drug-likeness (QED) is 0.743. The fourth-order valence-corrected chi connectivity index (χ4v) is 4.33. The third-order valence-corrected chi connectivity index (χ3v) is 5.81. The molecule has 27 heavy (non-hydrogen) atoms. The predicted molar refractivity (Wildman–Crippen MR) is 109 cm³/mol. The molecule has 0 bridgehead atoms. The predicted octanol–water partition coefficient (Wildman–Crippen LogP) is 4.28. The summed E-state index contributed by atoms with van der Waals surface area (Å²) in [6, 6.07) is 21.7. The van der Waals surface area contributed by atoms with E-state index < -0.39 is 0 Å². The smallest absolute Gasteiger partial charge is 0.223 e. The van der Waals surface area contributed by atoms with Gasteiger partial charge in [0.15, 0.2) is 0 Å². The van der Waals surface area contributed by atoms with E-state index in [0.717, 1.165) is 39.0 Å². The summed E-state index contributed by atoms with van der Waals surface area (Å²) in [5.74, 6) is 0.777. The van der Waals surface area contributed by atoms with E-state index in [-0.39, 0.29) is 6.04 Å². The first-order valence-corrected chi connectivity index (χ1v) is 10.1. The minimum absolute atomic E-state index is 0.252. The Morgan fingerprint density at radius 2 is 1.48 bits per heavy atom. The molecule has 1 atom stereocenters. The van der Waals surface area contributed by atoms with E-state index in [2.05, 4.69) is 82.6 Å². The van der Waals surface area contributed by atoms with Crippen LogP contribution in [0.4, 0.5) is 0 Å². The highest BCUT2D eigenvalue weighted by Crippen LogP contribution is 2.30. The summed E-state index contributed by atoms with van der Waals surface area (Å²) in [4.78, 5) is 17.2. The molecular formula is C24H28N2O. The lowest BCUT2D eigenvalue weighted by Crippen LogP contribution is -2.50. The van der Waals surface area contributed by atoms with E-state index in [0.29, 0.717) is 18.2 Å². The SMILES string of the molecule is O=C(C[C@H]1C=CCC1)N1CCN(C(c2ccccc2)c2ccccc2)CC1. The van der Waals surface area contributed by atoms with Crippen LogP contribution in [0.2, 0.25) is 0 Å². The van der Waals surface area contributed by atoms with E-state index in [1.807, 2.05) is 0 Å². The molecule has 140 valence electrons. The number of rotatable bonds is 5. The molecule has 0 saturated carbocycles. The number of carbonyl (C=O) groups excluding carboxylic acids is 1. The molecule has 0 aromatic heterocycles. The van der Waals surface area contributed by atoms with Gasteiger partial charge < -0.3 is 4.90 Å². The van der Waals surface area contributed by atoms with Crippen LogP contribution in [0.15, 0.2) is 72.8 Å². The second-order valence-electron chi connectivity index (χ2n) is 7.61. The lowest BCUT2D eigenvalue weighted by atomic mass is 9.96. The Balaban J connectivity index is 1.44. The van der Waals surface area contributed by atoms with Crippen LogP contribution >= 0.6 is 0 Å². The van der Waals surface area contributed by atoms with Gasteiger partial charge in [0, 0.05) is 32.6 Å². The highest BCUT2D eigenvalue weighted by molar-refractivity contribution is 5.76. The van der Waals surface area contributed by atoms with Gasteiger partial charge in [0.1, 0.15) is 0 Å². The largest absolute Gasteiger partial charge is 0.340 e. The van der Waals surface area contributed by atoms with Crippen LogP contribution in [-0.4, -0.2) is 41.9 Å². The lowest BCUT2D eigenvalue weighted by Gasteiger charge is -2.40. The van der Waals surface area contributed by atoms with Crippen molar-refractivity contribution in [1.82, 2.24) is 9.80 Å². The van der Waals surface area contributed by atoms with Crippen molar-refractivity contribution in [2.75, 3.05) is 26.2 Å². The van der Waals surface area contributed by atoms with Crippen molar-refractivity contribution in [3.63, 3.8) is 0 Å². The van der Waals surface area contributed by atoms with E-state index >= 15 is 0 Å². The van der Waals surface area contributed by atoms with Gasteiger partial charge in [0.05, 0.1) is 6.04 Å². The molecule has 0 radical (unpaired) electrons. The molecule has 1 heterocycles. The molecule has 4 rings (SSSR count). The van der Waals surface area contributed by atoms with Gasteiger partial charge in [0.25, 0.3) is 0 Å². The van der Waals surface area contributed by atoms with Gasteiger partial charge in [-0.15, -0.1) is 0 Å². The van der Waals surface area contributed by atoms with Gasteiger partial charge >= 0.3 is 0 Å². The molecule has 0 spiro atoms. The molecule has 0 N–H and O–H groups in total. The summed E-state index contributed by atoms with van der Waals surface area (Å²) in [5, 5.41) is 0. The highest BCUT2D eigenvalue weighted by atomic mass is 16.2. The van der Waals surface area contributed by atoms with Crippen LogP contribution in [0.1, 0.15) is 36.4 Å². The molecule has 1 amide bonds. The monoisotopic (exact) mass is 360 g/mol. The summed E-state index contributed by atoms with van der Waals surface area (Å²) < 4.78 is 0. The Morgan fingerprint density at radius 3 is 2.00 bits per heavy atom. The average molecular weight is 361 g/mol. The lowest BCUT2D eigenvalue weighted by molar-refractivity contribution is -0.133. The number of hydrogen-bond donors (Lipinski definition) is 0. The maximum absolute atomic E-state index is 12.6. The highest BCUT2D eigenvalue weighted by Gasteiger charge is 2.28. The minimum atomic E-state index is 0.252. The van der Waals surface area contributed by atoms with E-state index in [1.165, 1.54) is 11.1 Å². The molecule has 0 unspecified atom stereocenters. The topological polar surface area (TPSA) is 23.6 Å². The summed E-state index contributed by atoms with van der Waals surface area (Å²) in [5.41, 5.74) is 2.64. The Kier molecular flexibility index (Phi) is 5.69. The van der Waals surface area contributed by atoms with Crippen LogP contribution in [0.25, 0.3) is 0 Å². The Bertz CT molecular complexity index is 724. The van der Waals surface area contributed by atoms with Gasteiger partial charge in [-0.1, -0.05) is 72.8 Å². The zero-order chi connectivity index (χ0) is 18.5. The second kappa shape index (κ2) is 8.53. The van der Waals surface area contributed by atoms with Crippen molar-refractivity contribution >= 4 is 5.91 Å². The first kappa shape index (κ1) is 18.0. The summed E-state index contributed by atoms with van der Waals surface area (Å²) in [6.45, 7) is 3.48. The van der Waals surface area contributed by atoms with Crippen LogP contribution in [0.5, 0.6) is 0 Å². The van der Waals surface area contributed by atoms with Crippen LogP contribution in [0, 0.1) is 5.92 Å². The second-order valence-corrected chi connectivity index (χ2v) is 7.61. The van der Waals surface area contributed by atoms with Gasteiger partial charge in [-0.2, -0.15) is 0 Å². The molecule has 3 heteroatoms. The zero-order valence-electron chi connectivity index (χ0n) is 15.8.